The molecular formula is C11H12F3N3. The summed E-state index contributed by atoms with van der Waals surface area (Å²) in [4.78, 5) is 1.45. The first kappa shape index (κ1) is 13.2. The zero-order valence-electron chi connectivity index (χ0n) is 9.25. The van der Waals surface area contributed by atoms with Crippen LogP contribution >= 0.6 is 0 Å². The molecule has 0 aliphatic rings. The Bertz CT molecular complexity index is 435. The minimum absolute atomic E-state index is 0.144. The molecule has 0 saturated carbocycles. The van der Waals surface area contributed by atoms with Gasteiger partial charge in [-0.2, -0.15) is 18.4 Å². The van der Waals surface area contributed by atoms with Gasteiger partial charge < -0.3 is 10.6 Å². The fraction of sp³-hybridized carbons (Fsp3) is 0.364. The Morgan fingerprint density at radius 3 is 2.53 bits per heavy atom. The predicted octanol–water partition coefficient (Wildman–Crippen LogP) is 2.53. The molecule has 0 unspecified atom stereocenters. The number of halogens is 3. The van der Waals surface area contributed by atoms with E-state index in [4.69, 9.17) is 11.0 Å². The SMILES string of the molecule is CN(CCC(F)(F)F)c1ccc(C#N)c(N)c1. The van der Waals surface area contributed by atoms with Crippen LogP contribution in [0.4, 0.5) is 24.5 Å². The summed E-state index contributed by atoms with van der Waals surface area (Å²) in [6.45, 7) is -0.144. The van der Waals surface area contributed by atoms with Crippen molar-refractivity contribution >= 4 is 11.4 Å². The third-order valence-electron chi connectivity index (χ3n) is 2.33. The van der Waals surface area contributed by atoms with E-state index in [-0.39, 0.29) is 12.2 Å². The average molecular weight is 243 g/mol. The van der Waals surface area contributed by atoms with E-state index in [0.29, 0.717) is 11.3 Å². The Morgan fingerprint density at radius 2 is 2.06 bits per heavy atom. The summed E-state index contributed by atoms with van der Waals surface area (Å²) in [7, 11) is 1.55. The lowest BCUT2D eigenvalue weighted by Gasteiger charge is -2.20. The maximum absolute atomic E-state index is 12.0. The molecule has 0 aromatic heterocycles. The molecule has 92 valence electrons. The van der Waals surface area contributed by atoms with Crippen molar-refractivity contribution in [3.05, 3.63) is 23.8 Å². The Kier molecular flexibility index (Phi) is 3.84. The first-order chi connectivity index (χ1) is 7.83. The van der Waals surface area contributed by atoms with Gasteiger partial charge in [0, 0.05) is 19.3 Å². The summed E-state index contributed by atoms with van der Waals surface area (Å²) < 4.78 is 36.1. The molecule has 0 amide bonds. The molecule has 1 aromatic rings. The molecule has 0 aliphatic carbocycles. The van der Waals surface area contributed by atoms with E-state index in [2.05, 4.69) is 0 Å². The lowest BCUT2D eigenvalue weighted by atomic mass is 10.1. The molecule has 0 atom stereocenters. The van der Waals surface area contributed by atoms with E-state index in [1.54, 1.807) is 13.1 Å². The molecule has 6 heteroatoms. The fourth-order valence-corrected chi connectivity index (χ4v) is 1.31. The van der Waals surface area contributed by atoms with Crippen LogP contribution in [0, 0.1) is 11.3 Å². The van der Waals surface area contributed by atoms with Gasteiger partial charge in [-0.3, -0.25) is 0 Å². The summed E-state index contributed by atoms with van der Waals surface area (Å²) in [5.74, 6) is 0. The van der Waals surface area contributed by atoms with E-state index in [0.717, 1.165) is 0 Å². The highest BCUT2D eigenvalue weighted by Crippen LogP contribution is 2.23. The molecule has 0 bridgehead atoms. The molecule has 17 heavy (non-hydrogen) atoms. The van der Waals surface area contributed by atoms with Crippen molar-refractivity contribution in [3.63, 3.8) is 0 Å². The van der Waals surface area contributed by atoms with Crippen LogP contribution in [0.5, 0.6) is 0 Å². The molecule has 2 N–H and O–H groups in total. The van der Waals surface area contributed by atoms with Gasteiger partial charge >= 0.3 is 6.18 Å². The topological polar surface area (TPSA) is 53.0 Å². The van der Waals surface area contributed by atoms with Crippen LogP contribution in [0.3, 0.4) is 0 Å². The van der Waals surface area contributed by atoms with Crippen molar-refractivity contribution in [3.8, 4) is 6.07 Å². The molecular weight excluding hydrogens is 231 g/mol. The number of rotatable bonds is 3. The largest absolute Gasteiger partial charge is 0.398 e. The van der Waals surface area contributed by atoms with Crippen LogP contribution in [-0.4, -0.2) is 19.8 Å². The van der Waals surface area contributed by atoms with Gasteiger partial charge in [-0.1, -0.05) is 0 Å². The van der Waals surface area contributed by atoms with Gasteiger partial charge in [-0.15, -0.1) is 0 Å². The zero-order valence-corrected chi connectivity index (χ0v) is 9.25. The smallest absolute Gasteiger partial charge is 0.390 e. The summed E-state index contributed by atoms with van der Waals surface area (Å²) in [6, 6.07) is 6.46. The maximum atomic E-state index is 12.0. The molecule has 0 fully saturated rings. The molecule has 0 spiro atoms. The zero-order chi connectivity index (χ0) is 13.1. The standard InChI is InChI=1S/C11H12F3N3/c1-17(5-4-11(12,13)14)9-3-2-8(7-15)10(16)6-9/h2-3,6H,4-5,16H2,1H3. The van der Waals surface area contributed by atoms with Crippen LogP contribution in [0.25, 0.3) is 0 Å². The molecule has 0 saturated heterocycles. The Morgan fingerprint density at radius 1 is 1.41 bits per heavy atom. The van der Waals surface area contributed by atoms with Crippen molar-refractivity contribution in [1.82, 2.24) is 0 Å². The number of nitriles is 1. The van der Waals surface area contributed by atoms with Crippen molar-refractivity contribution < 1.29 is 13.2 Å². The van der Waals surface area contributed by atoms with E-state index >= 15 is 0 Å². The fourth-order valence-electron chi connectivity index (χ4n) is 1.31. The second-order valence-corrected chi connectivity index (χ2v) is 3.67. The average Bonchev–Trinajstić information content (AvgIpc) is 2.24. The summed E-state index contributed by atoms with van der Waals surface area (Å²) in [5, 5.41) is 8.67. The van der Waals surface area contributed by atoms with Gasteiger partial charge in [0.15, 0.2) is 0 Å². The van der Waals surface area contributed by atoms with Crippen LogP contribution in [-0.2, 0) is 0 Å². The summed E-state index contributed by atoms with van der Waals surface area (Å²) in [5.41, 5.74) is 6.73. The molecule has 0 heterocycles. The predicted molar refractivity (Wildman–Crippen MR) is 59.5 cm³/mol. The van der Waals surface area contributed by atoms with Crippen LogP contribution in [0.2, 0.25) is 0 Å². The molecule has 0 aliphatic heterocycles. The molecule has 3 nitrogen and oxygen atoms in total. The quantitative estimate of drug-likeness (QED) is 0.830. The van der Waals surface area contributed by atoms with Gasteiger partial charge in [0.25, 0.3) is 0 Å². The normalized spacial score (nSPS) is 11.0. The number of anilines is 2. The maximum Gasteiger partial charge on any atom is 0.390 e. The second kappa shape index (κ2) is 4.95. The first-order valence-corrected chi connectivity index (χ1v) is 4.91. The minimum atomic E-state index is -4.17. The highest BCUT2D eigenvalue weighted by molar-refractivity contribution is 5.63. The van der Waals surface area contributed by atoms with Gasteiger partial charge in [-0.05, 0) is 18.2 Å². The number of benzene rings is 1. The lowest BCUT2D eigenvalue weighted by Crippen LogP contribution is -2.24. The van der Waals surface area contributed by atoms with E-state index in [9.17, 15) is 13.2 Å². The van der Waals surface area contributed by atoms with Crippen molar-refractivity contribution in [2.75, 3.05) is 24.2 Å². The number of alkyl halides is 3. The number of nitrogens with zero attached hydrogens (tertiary/aromatic N) is 2. The first-order valence-electron chi connectivity index (χ1n) is 4.91. The molecule has 1 aromatic carbocycles. The van der Waals surface area contributed by atoms with Crippen LogP contribution < -0.4 is 10.6 Å². The highest BCUT2D eigenvalue weighted by atomic mass is 19.4. The van der Waals surface area contributed by atoms with Gasteiger partial charge in [0.1, 0.15) is 6.07 Å². The van der Waals surface area contributed by atoms with Gasteiger partial charge in [-0.25, -0.2) is 0 Å². The monoisotopic (exact) mass is 243 g/mol. The van der Waals surface area contributed by atoms with Gasteiger partial charge in [0.05, 0.1) is 17.7 Å². The van der Waals surface area contributed by atoms with Crippen LogP contribution in [0.15, 0.2) is 18.2 Å². The molecule has 0 radical (unpaired) electrons. The number of hydrogen-bond donors (Lipinski definition) is 1. The Labute approximate surface area is 97.2 Å². The summed E-state index contributed by atoms with van der Waals surface area (Å²) in [6.07, 6.45) is -5.06. The lowest BCUT2D eigenvalue weighted by molar-refractivity contribution is -0.132. The third kappa shape index (κ3) is 3.87. The second-order valence-electron chi connectivity index (χ2n) is 3.67. The van der Waals surface area contributed by atoms with Crippen molar-refractivity contribution in [2.45, 2.75) is 12.6 Å². The van der Waals surface area contributed by atoms with Crippen molar-refractivity contribution in [1.29, 1.82) is 5.26 Å². The van der Waals surface area contributed by atoms with E-state index < -0.39 is 12.6 Å². The summed E-state index contributed by atoms with van der Waals surface area (Å²) >= 11 is 0. The third-order valence-corrected chi connectivity index (χ3v) is 2.33. The minimum Gasteiger partial charge on any atom is -0.398 e. The number of nitrogens with two attached hydrogens (primary N) is 1. The number of nitrogen functional groups attached to an aromatic ring is 1. The van der Waals surface area contributed by atoms with E-state index in [1.807, 2.05) is 6.07 Å². The van der Waals surface area contributed by atoms with Gasteiger partial charge in [0.2, 0.25) is 0 Å². The highest BCUT2D eigenvalue weighted by Gasteiger charge is 2.27. The Hall–Kier alpha value is -1.90. The number of hydrogen-bond acceptors (Lipinski definition) is 3. The van der Waals surface area contributed by atoms with Crippen LogP contribution in [0.1, 0.15) is 12.0 Å². The van der Waals surface area contributed by atoms with Crippen molar-refractivity contribution in [2.24, 2.45) is 0 Å². The van der Waals surface area contributed by atoms with E-state index in [1.165, 1.54) is 17.0 Å². The molecule has 1 rings (SSSR count). The Balaban J connectivity index is 2.74.